The van der Waals surface area contributed by atoms with Gasteiger partial charge in [-0.1, -0.05) is 12.5 Å². The van der Waals surface area contributed by atoms with E-state index in [1.54, 1.807) is 0 Å². The summed E-state index contributed by atoms with van der Waals surface area (Å²) in [5, 5.41) is 11.4. The quantitative estimate of drug-likeness (QED) is 0.841. The van der Waals surface area contributed by atoms with Crippen LogP contribution in [-0.2, 0) is 5.41 Å². The Morgan fingerprint density at radius 2 is 2.00 bits per heavy atom. The number of rotatable bonds is 4. The van der Waals surface area contributed by atoms with Gasteiger partial charge in [-0.15, -0.1) is 21.5 Å². The number of nitrogens with zero attached hydrogens (tertiary/aromatic N) is 3. The smallest absolute Gasteiger partial charge is 0.144 e. The molecule has 3 nitrogen and oxygen atoms in total. The molecule has 0 atom stereocenters. The van der Waals surface area contributed by atoms with E-state index in [1.165, 1.54) is 48.6 Å². The molecule has 2 fully saturated rings. The third-order valence-electron chi connectivity index (χ3n) is 4.80. The van der Waals surface area contributed by atoms with Crippen molar-refractivity contribution in [1.29, 1.82) is 0 Å². The first-order valence-electron chi connectivity index (χ1n) is 7.67. The third-order valence-corrected chi connectivity index (χ3v) is 5.99. The normalized spacial score (nSPS) is 20.1. The van der Waals surface area contributed by atoms with E-state index in [0.717, 1.165) is 0 Å². The molecule has 2 aliphatic carbocycles. The summed E-state index contributed by atoms with van der Waals surface area (Å²) >= 11 is 1.82. The Morgan fingerprint density at radius 1 is 1.20 bits per heavy atom. The van der Waals surface area contributed by atoms with Crippen molar-refractivity contribution in [2.75, 3.05) is 0 Å². The van der Waals surface area contributed by atoms with E-state index in [9.17, 15) is 0 Å². The summed E-state index contributed by atoms with van der Waals surface area (Å²) in [6.45, 7) is 4.57. The summed E-state index contributed by atoms with van der Waals surface area (Å²) in [6.07, 6.45) is 6.54. The average Bonchev–Trinajstić information content (AvgIpc) is 2.91. The number of hydrogen-bond donors (Lipinski definition) is 0. The molecule has 0 bridgehead atoms. The lowest BCUT2D eigenvalue weighted by molar-refractivity contribution is 0.382. The van der Waals surface area contributed by atoms with Crippen LogP contribution in [-0.4, -0.2) is 14.8 Å². The van der Waals surface area contributed by atoms with Crippen molar-refractivity contribution >= 4 is 11.3 Å². The molecule has 4 rings (SSSR count). The molecule has 0 unspecified atom stereocenters. The number of hydrogen-bond acceptors (Lipinski definition) is 3. The van der Waals surface area contributed by atoms with Gasteiger partial charge in [0.05, 0.1) is 5.41 Å². The SMILES string of the molecule is CC(C)(c1cccs1)c1nnc(C2CCC2)n1C1CC1. The Hall–Kier alpha value is -1.16. The second kappa shape index (κ2) is 4.42. The molecule has 0 spiro atoms. The lowest BCUT2D eigenvalue weighted by Crippen LogP contribution is -2.25. The van der Waals surface area contributed by atoms with Crippen LogP contribution in [0.15, 0.2) is 17.5 Å². The van der Waals surface area contributed by atoms with Crippen molar-refractivity contribution in [3.05, 3.63) is 34.0 Å². The minimum Gasteiger partial charge on any atom is -0.311 e. The summed E-state index contributed by atoms with van der Waals surface area (Å²) in [5.41, 5.74) is -0.0360. The summed E-state index contributed by atoms with van der Waals surface area (Å²) < 4.78 is 2.49. The van der Waals surface area contributed by atoms with Gasteiger partial charge in [-0.2, -0.15) is 0 Å². The van der Waals surface area contributed by atoms with Crippen molar-refractivity contribution in [1.82, 2.24) is 14.8 Å². The first-order chi connectivity index (χ1) is 9.68. The highest BCUT2D eigenvalue weighted by Crippen LogP contribution is 2.45. The number of aromatic nitrogens is 3. The molecule has 0 aromatic carbocycles. The van der Waals surface area contributed by atoms with E-state index >= 15 is 0 Å². The lowest BCUT2D eigenvalue weighted by atomic mass is 9.84. The van der Waals surface area contributed by atoms with E-state index in [1.807, 2.05) is 11.3 Å². The van der Waals surface area contributed by atoms with Gasteiger partial charge in [0.15, 0.2) is 0 Å². The van der Waals surface area contributed by atoms with Crippen molar-refractivity contribution in [2.45, 2.75) is 63.3 Å². The zero-order valence-electron chi connectivity index (χ0n) is 12.2. The summed E-state index contributed by atoms with van der Waals surface area (Å²) in [5.74, 6) is 3.10. The van der Waals surface area contributed by atoms with Crippen molar-refractivity contribution in [3.63, 3.8) is 0 Å². The maximum Gasteiger partial charge on any atom is 0.144 e. The van der Waals surface area contributed by atoms with Gasteiger partial charge >= 0.3 is 0 Å². The van der Waals surface area contributed by atoms with E-state index in [2.05, 4.69) is 46.1 Å². The van der Waals surface area contributed by atoms with E-state index in [0.29, 0.717) is 12.0 Å². The molecule has 0 saturated heterocycles. The Balaban J connectivity index is 1.79. The van der Waals surface area contributed by atoms with Gasteiger partial charge in [0.2, 0.25) is 0 Å². The van der Waals surface area contributed by atoms with Crippen LogP contribution in [0.5, 0.6) is 0 Å². The molecule has 4 heteroatoms. The van der Waals surface area contributed by atoms with Gasteiger partial charge < -0.3 is 4.57 Å². The molecule has 106 valence electrons. The predicted molar refractivity (Wildman–Crippen MR) is 81.3 cm³/mol. The van der Waals surface area contributed by atoms with Crippen LogP contribution in [0.1, 0.15) is 74.4 Å². The highest BCUT2D eigenvalue weighted by Gasteiger charge is 2.39. The fraction of sp³-hybridized carbons (Fsp3) is 0.625. The zero-order valence-corrected chi connectivity index (χ0v) is 13.0. The Kier molecular flexibility index (Phi) is 2.78. The maximum atomic E-state index is 4.63. The van der Waals surface area contributed by atoms with E-state index in [4.69, 9.17) is 0 Å². The minimum absolute atomic E-state index is 0.0360. The molecular formula is C16H21N3S. The topological polar surface area (TPSA) is 30.7 Å². The third kappa shape index (κ3) is 1.85. The molecule has 0 radical (unpaired) electrons. The molecule has 0 N–H and O–H groups in total. The highest BCUT2D eigenvalue weighted by atomic mass is 32.1. The van der Waals surface area contributed by atoms with Gasteiger partial charge in [-0.05, 0) is 51.0 Å². The summed E-state index contributed by atoms with van der Waals surface area (Å²) in [6, 6.07) is 5.02. The van der Waals surface area contributed by atoms with Crippen molar-refractivity contribution < 1.29 is 0 Å². The highest BCUT2D eigenvalue weighted by molar-refractivity contribution is 7.10. The van der Waals surface area contributed by atoms with Crippen LogP contribution < -0.4 is 0 Å². The van der Waals surface area contributed by atoms with Crippen LogP contribution in [0.2, 0.25) is 0 Å². The Labute approximate surface area is 124 Å². The van der Waals surface area contributed by atoms with Gasteiger partial charge in [0, 0.05) is 16.8 Å². The minimum atomic E-state index is -0.0360. The summed E-state index contributed by atoms with van der Waals surface area (Å²) in [7, 11) is 0. The van der Waals surface area contributed by atoms with Crippen molar-refractivity contribution in [3.8, 4) is 0 Å². The van der Waals surface area contributed by atoms with Gasteiger partial charge in [-0.25, -0.2) is 0 Å². The van der Waals surface area contributed by atoms with Crippen LogP contribution in [0.25, 0.3) is 0 Å². The second-order valence-corrected chi connectivity index (χ2v) is 7.66. The predicted octanol–water partition coefficient (Wildman–Crippen LogP) is 4.27. The maximum absolute atomic E-state index is 4.63. The van der Waals surface area contributed by atoms with Gasteiger partial charge in [0.25, 0.3) is 0 Å². The monoisotopic (exact) mass is 287 g/mol. The standard InChI is InChI=1S/C16H21N3S/c1-16(2,13-7-4-10-20-13)15-18-17-14(11-5-3-6-11)19(15)12-8-9-12/h4,7,10-12H,3,5-6,8-9H2,1-2H3. The van der Waals surface area contributed by atoms with Crippen LogP contribution in [0, 0.1) is 0 Å². The van der Waals surface area contributed by atoms with E-state index < -0.39 is 0 Å². The zero-order chi connectivity index (χ0) is 13.7. The van der Waals surface area contributed by atoms with Crippen LogP contribution in [0.3, 0.4) is 0 Å². The van der Waals surface area contributed by atoms with Crippen LogP contribution >= 0.6 is 11.3 Å². The molecule has 2 aromatic heterocycles. The van der Waals surface area contributed by atoms with Gasteiger partial charge in [0.1, 0.15) is 11.6 Å². The first-order valence-corrected chi connectivity index (χ1v) is 8.55. The number of thiophene rings is 1. The molecule has 2 heterocycles. The fourth-order valence-corrected chi connectivity index (χ4v) is 3.96. The summed E-state index contributed by atoms with van der Waals surface area (Å²) in [4.78, 5) is 1.38. The largest absolute Gasteiger partial charge is 0.311 e. The Bertz CT molecular complexity index is 604. The average molecular weight is 287 g/mol. The van der Waals surface area contributed by atoms with Crippen molar-refractivity contribution in [2.24, 2.45) is 0 Å². The molecule has 2 aliphatic rings. The molecule has 2 aromatic rings. The molecule has 20 heavy (non-hydrogen) atoms. The van der Waals surface area contributed by atoms with Crippen LogP contribution in [0.4, 0.5) is 0 Å². The molecule has 2 saturated carbocycles. The molecule has 0 aliphatic heterocycles. The first kappa shape index (κ1) is 12.6. The second-order valence-electron chi connectivity index (χ2n) is 6.71. The van der Waals surface area contributed by atoms with E-state index in [-0.39, 0.29) is 5.41 Å². The lowest BCUT2D eigenvalue weighted by Gasteiger charge is -2.28. The fourth-order valence-electron chi connectivity index (χ4n) is 3.11. The Morgan fingerprint density at radius 3 is 2.55 bits per heavy atom. The molecular weight excluding hydrogens is 266 g/mol. The molecule has 0 amide bonds. The van der Waals surface area contributed by atoms with Gasteiger partial charge in [-0.3, -0.25) is 0 Å².